The number of halogens is 2. The number of hydrogen-bond acceptors (Lipinski definition) is 4. The molecule has 0 radical (unpaired) electrons. The fourth-order valence-corrected chi connectivity index (χ4v) is 3.00. The monoisotopic (exact) mass is 361 g/mol. The highest BCUT2D eigenvalue weighted by molar-refractivity contribution is 6.37. The van der Waals surface area contributed by atoms with Crippen LogP contribution in [-0.2, 0) is 9.47 Å². The standard InChI is InChI=1S/C16H21Cl2NO4/c1-21-15-13(17)8-11(9-14(15)18)16(20)19-5-3-6-22-10-12-4-2-7-23-12/h8-9,12H,2-7,10H2,1H3,(H,19,20). The van der Waals surface area contributed by atoms with Crippen molar-refractivity contribution in [2.75, 3.05) is 33.5 Å². The molecule has 1 aliphatic rings. The SMILES string of the molecule is COc1c(Cl)cc(C(=O)NCCCOCC2CCCO2)cc1Cl. The molecule has 0 aliphatic carbocycles. The van der Waals surface area contributed by atoms with Crippen LogP contribution in [0.3, 0.4) is 0 Å². The highest BCUT2D eigenvalue weighted by Gasteiger charge is 2.15. The summed E-state index contributed by atoms with van der Waals surface area (Å²) in [6.07, 6.45) is 3.14. The van der Waals surface area contributed by atoms with Crippen molar-refractivity contribution in [3.05, 3.63) is 27.7 Å². The van der Waals surface area contributed by atoms with E-state index in [2.05, 4.69) is 5.32 Å². The van der Waals surface area contributed by atoms with E-state index in [0.29, 0.717) is 41.1 Å². The fraction of sp³-hybridized carbons (Fsp3) is 0.562. The molecule has 1 aromatic carbocycles. The van der Waals surface area contributed by atoms with Gasteiger partial charge in [-0.15, -0.1) is 0 Å². The molecule has 2 rings (SSSR count). The minimum atomic E-state index is -0.226. The highest BCUT2D eigenvalue weighted by Crippen LogP contribution is 2.33. The van der Waals surface area contributed by atoms with Crippen LogP contribution in [0.25, 0.3) is 0 Å². The van der Waals surface area contributed by atoms with Crippen molar-refractivity contribution in [2.24, 2.45) is 0 Å². The van der Waals surface area contributed by atoms with E-state index < -0.39 is 0 Å². The van der Waals surface area contributed by atoms with Gasteiger partial charge in [-0.1, -0.05) is 23.2 Å². The number of methoxy groups -OCH3 is 1. The van der Waals surface area contributed by atoms with Gasteiger partial charge in [-0.3, -0.25) is 4.79 Å². The van der Waals surface area contributed by atoms with Gasteiger partial charge in [0.1, 0.15) is 0 Å². The van der Waals surface area contributed by atoms with Crippen LogP contribution in [0.15, 0.2) is 12.1 Å². The summed E-state index contributed by atoms with van der Waals surface area (Å²) in [5.41, 5.74) is 0.404. The van der Waals surface area contributed by atoms with E-state index in [-0.39, 0.29) is 12.0 Å². The summed E-state index contributed by atoms with van der Waals surface area (Å²) in [7, 11) is 1.48. The Morgan fingerprint density at radius 2 is 2.13 bits per heavy atom. The first kappa shape index (κ1) is 18.3. The third-order valence-corrected chi connectivity index (χ3v) is 4.10. The number of nitrogens with one attached hydrogen (secondary N) is 1. The van der Waals surface area contributed by atoms with E-state index >= 15 is 0 Å². The van der Waals surface area contributed by atoms with Crippen molar-refractivity contribution in [1.82, 2.24) is 5.32 Å². The predicted octanol–water partition coefficient (Wildman–Crippen LogP) is 3.32. The molecule has 1 unspecified atom stereocenters. The number of benzene rings is 1. The van der Waals surface area contributed by atoms with Crippen LogP contribution in [0.4, 0.5) is 0 Å². The molecule has 0 bridgehead atoms. The van der Waals surface area contributed by atoms with Crippen molar-refractivity contribution >= 4 is 29.1 Å². The lowest BCUT2D eigenvalue weighted by molar-refractivity contribution is 0.0166. The minimum absolute atomic E-state index is 0.226. The first-order valence-corrected chi connectivity index (χ1v) is 8.38. The molecular weight excluding hydrogens is 341 g/mol. The Bertz CT molecular complexity index is 510. The van der Waals surface area contributed by atoms with Crippen LogP contribution in [-0.4, -0.2) is 45.5 Å². The molecule has 5 nitrogen and oxygen atoms in total. The van der Waals surface area contributed by atoms with Crippen LogP contribution in [0, 0.1) is 0 Å². The topological polar surface area (TPSA) is 56.8 Å². The summed E-state index contributed by atoms with van der Waals surface area (Å²) < 4.78 is 16.1. The molecule has 23 heavy (non-hydrogen) atoms. The molecule has 1 atom stereocenters. The summed E-state index contributed by atoms with van der Waals surface area (Å²) in [5.74, 6) is 0.142. The smallest absolute Gasteiger partial charge is 0.251 e. The Morgan fingerprint density at radius 3 is 2.74 bits per heavy atom. The average molecular weight is 362 g/mol. The maximum absolute atomic E-state index is 12.1. The van der Waals surface area contributed by atoms with Crippen molar-refractivity contribution in [3.8, 4) is 5.75 Å². The molecule has 128 valence electrons. The van der Waals surface area contributed by atoms with Gasteiger partial charge in [0.25, 0.3) is 5.91 Å². The van der Waals surface area contributed by atoms with Gasteiger partial charge in [-0.2, -0.15) is 0 Å². The molecular formula is C16H21Cl2NO4. The van der Waals surface area contributed by atoms with Crippen LogP contribution < -0.4 is 10.1 Å². The van der Waals surface area contributed by atoms with Crippen LogP contribution in [0.1, 0.15) is 29.6 Å². The molecule has 0 spiro atoms. The Kier molecular flexibility index (Phi) is 7.43. The molecule has 1 aromatic rings. The minimum Gasteiger partial charge on any atom is -0.494 e. The van der Waals surface area contributed by atoms with Gasteiger partial charge in [0.05, 0.1) is 29.9 Å². The third kappa shape index (κ3) is 5.53. The zero-order chi connectivity index (χ0) is 16.7. The van der Waals surface area contributed by atoms with Crippen molar-refractivity contribution in [3.63, 3.8) is 0 Å². The molecule has 7 heteroatoms. The van der Waals surface area contributed by atoms with Gasteiger partial charge in [0.15, 0.2) is 5.75 Å². The number of amides is 1. The van der Waals surface area contributed by atoms with Crippen molar-refractivity contribution < 1.29 is 19.0 Å². The summed E-state index contributed by atoms with van der Waals surface area (Å²) in [6.45, 7) is 2.56. The quantitative estimate of drug-likeness (QED) is 0.721. The van der Waals surface area contributed by atoms with E-state index in [1.165, 1.54) is 19.2 Å². The third-order valence-electron chi connectivity index (χ3n) is 3.54. The molecule has 1 N–H and O–H groups in total. The van der Waals surface area contributed by atoms with Crippen LogP contribution in [0.2, 0.25) is 10.0 Å². The Labute approximate surface area is 146 Å². The fourth-order valence-electron chi connectivity index (χ4n) is 2.35. The van der Waals surface area contributed by atoms with Crippen LogP contribution >= 0.6 is 23.2 Å². The van der Waals surface area contributed by atoms with Gasteiger partial charge in [0, 0.05) is 25.3 Å². The first-order valence-electron chi connectivity index (χ1n) is 7.62. The number of ether oxygens (including phenoxy) is 3. The van der Waals surface area contributed by atoms with Gasteiger partial charge in [-0.05, 0) is 31.4 Å². The highest BCUT2D eigenvalue weighted by atomic mass is 35.5. The summed E-state index contributed by atoms with van der Waals surface area (Å²) in [6, 6.07) is 3.07. The number of carbonyl (C=O) groups excluding carboxylic acids is 1. The molecule has 1 heterocycles. The molecule has 1 aliphatic heterocycles. The van der Waals surface area contributed by atoms with E-state index in [4.69, 9.17) is 37.4 Å². The predicted molar refractivity (Wildman–Crippen MR) is 89.8 cm³/mol. The largest absolute Gasteiger partial charge is 0.494 e. The second kappa shape index (κ2) is 9.33. The van der Waals surface area contributed by atoms with Crippen molar-refractivity contribution in [1.29, 1.82) is 0 Å². The zero-order valence-corrected chi connectivity index (χ0v) is 14.6. The lowest BCUT2D eigenvalue weighted by Crippen LogP contribution is -2.25. The second-order valence-corrected chi connectivity index (χ2v) is 6.11. The number of hydrogen-bond donors (Lipinski definition) is 1. The first-order chi connectivity index (χ1) is 11.1. The van der Waals surface area contributed by atoms with Gasteiger partial charge in [-0.25, -0.2) is 0 Å². The maximum atomic E-state index is 12.1. The molecule has 1 amide bonds. The zero-order valence-electron chi connectivity index (χ0n) is 13.1. The number of rotatable bonds is 8. The maximum Gasteiger partial charge on any atom is 0.251 e. The summed E-state index contributed by atoms with van der Waals surface area (Å²) >= 11 is 12.0. The van der Waals surface area contributed by atoms with E-state index in [9.17, 15) is 4.79 Å². The molecule has 1 fully saturated rings. The Balaban J connectivity index is 1.68. The van der Waals surface area contributed by atoms with E-state index in [0.717, 1.165) is 25.9 Å². The Morgan fingerprint density at radius 1 is 1.39 bits per heavy atom. The van der Waals surface area contributed by atoms with Gasteiger partial charge < -0.3 is 19.5 Å². The lowest BCUT2D eigenvalue weighted by Gasteiger charge is -2.11. The molecule has 0 saturated carbocycles. The molecule has 1 saturated heterocycles. The van der Waals surface area contributed by atoms with E-state index in [1.54, 1.807) is 0 Å². The summed E-state index contributed by atoms with van der Waals surface area (Å²) in [5, 5.41) is 3.43. The molecule has 0 aromatic heterocycles. The van der Waals surface area contributed by atoms with E-state index in [1.807, 2.05) is 0 Å². The van der Waals surface area contributed by atoms with Gasteiger partial charge >= 0.3 is 0 Å². The van der Waals surface area contributed by atoms with Crippen LogP contribution in [0.5, 0.6) is 5.75 Å². The average Bonchev–Trinajstić information content (AvgIpc) is 3.03. The summed E-state index contributed by atoms with van der Waals surface area (Å²) in [4.78, 5) is 12.1. The van der Waals surface area contributed by atoms with Crippen molar-refractivity contribution in [2.45, 2.75) is 25.4 Å². The lowest BCUT2D eigenvalue weighted by atomic mass is 10.2. The number of carbonyl (C=O) groups is 1. The second-order valence-electron chi connectivity index (χ2n) is 5.29. The Hall–Kier alpha value is -1.01. The van der Waals surface area contributed by atoms with Gasteiger partial charge in [0.2, 0.25) is 0 Å². The normalized spacial score (nSPS) is 17.3.